The second kappa shape index (κ2) is 7.78. The molecule has 0 aromatic heterocycles. The topological polar surface area (TPSA) is 55.1 Å². The first-order chi connectivity index (χ1) is 8.58. The van der Waals surface area contributed by atoms with Gasteiger partial charge in [0, 0.05) is 12.5 Å². The second-order valence-corrected chi connectivity index (χ2v) is 6.28. The Kier molecular flexibility index (Phi) is 6.69. The molecule has 0 spiro atoms. The van der Waals surface area contributed by atoms with Gasteiger partial charge in [-0.25, -0.2) is 0 Å². The van der Waals surface area contributed by atoms with Crippen molar-refractivity contribution in [1.29, 1.82) is 0 Å². The number of carbonyl (C=O) groups is 1. The standard InChI is InChI=1S/C15H30N2O/c1-15(2)10-6-5-9-13(15)14(18)17-12-8-4-3-7-11-16/h13H,3-12,16H2,1-2H3,(H,17,18). The van der Waals surface area contributed by atoms with Crippen LogP contribution in [0.2, 0.25) is 0 Å². The minimum atomic E-state index is 0.182. The summed E-state index contributed by atoms with van der Waals surface area (Å²) in [6.07, 6.45) is 9.26. The molecule has 0 aromatic rings. The zero-order valence-electron chi connectivity index (χ0n) is 12.1. The van der Waals surface area contributed by atoms with Crippen LogP contribution in [0.1, 0.15) is 65.2 Å². The lowest BCUT2D eigenvalue weighted by Gasteiger charge is -2.37. The molecule has 1 aliphatic rings. The van der Waals surface area contributed by atoms with Crippen molar-refractivity contribution < 1.29 is 4.79 Å². The minimum absolute atomic E-state index is 0.182. The van der Waals surface area contributed by atoms with Crippen LogP contribution in [0, 0.1) is 11.3 Å². The molecular formula is C15H30N2O. The zero-order chi connectivity index (χ0) is 13.4. The number of unbranched alkanes of at least 4 members (excludes halogenated alkanes) is 3. The highest BCUT2D eigenvalue weighted by molar-refractivity contribution is 5.79. The van der Waals surface area contributed by atoms with E-state index in [9.17, 15) is 4.79 Å². The predicted molar refractivity (Wildman–Crippen MR) is 76.3 cm³/mol. The predicted octanol–water partition coefficient (Wildman–Crippen LogP) is 2.84. The van der Waals surface area contributed by atoms with Crippen molar-refractivity contribution in [2.45, 2.75) is 65.2 Å². The van der Waals surface area contributed by atoms with E-state index < -0.39 is 0 Å². The van der Waals surface area contributed by atoms with Gasteiger partial charge in [-0.2, -0.15) is 0 Å². The molecule has 0 aromatic carbocycles. The summed E-state index contributed by atoms with van der Waals surface area (Å²) in [7, 11) is 0. The molecule has 1 atom stereocenters. The number of rotatable bonds is 7. The summed E-state index contributed by atoms with van der Waals surface area (Å²) in [5.74, 6) is 0.494. The lowest BCUT2D eigenvalue weighted by molar-refractivity contribution is -0.130. The van der Waals surface area contributed by atoms with Crippen molar-refractivity contribution in [3.05, 3.63) is 0 Å². The lowest BCUT2D eigenvalue weighted by atomic mass is 9.68. The van der Waals surface area contributed by atoms with E-state index in [0.717, 1.165) is 32.4 Å². The highest BCUT2D eigenvalue weighted by Gasteiger charge is 2.36. The average molecular weight is 254 g/mol. The van der Waals surface area contributed by atoms with E-state index >= 15 is 0 Å². The van der Waals surface area contributed by atoms with Crippen LogP contribution in [0.5, 0.6) is 0 Å². The van der Waals surface area contributed by atoms with Crippen molar-refractivity contribution in [2.24, 2.45) is 17.1 Å². The fourth-order valence-corrected chi connectivity index (χ4v) is 2.94. The monoisotopic (exact) mass is 254 g/mol. The average Bonchev–Trinajstić information content (AvgIpc) is 2.32. The molecule has 1 amide bonds. The molecule has 1 rings (SSSR count). The molecule has 1 saturated carbocycles. The van der Waals surface area contributed by atoms with Crippen LogP contribution in [0.3, 0.4) is 0 Å². The van der Waals surface area contributed by atoms with Gasteiger partial charge in [0.15, 0.2) is 0 Å². The molecule has 1 fully saturated rings. The number of nitrogens with two attached hydrogens (primary N) is 1. The largest absolute Gasteiger partial charge is 0.356 e. The summed E-state index contributed by atoms with van der Waals surface area (Å²) in [5, 5.41) is 3.11. The minimum Gasteiger partial charge on any atom is -0.356 e. The molecule has 106 valence electrons. The van der Waals surface area contributed by atoms with Crippen LogP contribution in [0.15, 0.2) is 0 Å². The Bertz CT molecular complexity index is 251. The fraction of sp³-hybridized carbons (Fsp3) is 0.933. The summed E-state index contributed by atoms with van der Waals surface area (Å²) >= 11 is 0. The van der Waals surface area contributed by atoms with Gasteiger partial charge in [-0.15, -0.1) is 0 Å². The van der Waals surface area contributed by atoms with E-state index in [0.29, 0.717) is 0 Å². The van der Waals surface area contributed by atoms with Gasteiger partial charge in [0.1, 0.15) is 0 Å². The molecule has 0 saturated heterocycles. The number of hydrogen-bond acceptors (Lipinski definition) is 2. The Morgan fingerprint density at radius 3 is 2.61 bits per heavy atom. The van der Waals surface area contributed by atoms with Gasteiger partial charge in [0.25, 0.3) is 0 Å². The fourth-order valence-electron chi connectivity index (χ4n) is 2.94. The molecule has 3 N–H and O–H groups in total. The van der Waals surface area contributed by atoms with Crippen molar-refractivity contribution in [2.75, 3.05) is 13.1 Å². The maximum absolute atomic E-state index is 12.2. The van der Waals surface area contributed by atoms with Crippen LogP contribution >= 0.6 is 0 Å². The summed E-state index contributed by atoms with van der Waals surface area (Å²) in [6.45, 7) is 6.08. The third-order valence-electron chi connectivity index (χ3n) is 4.25. The van der Waals surface area contributed by atoms with E-state index in [1.165, 1.54) is 32.1 Å². The Morgan fingerprint density at radius 1 is 1.22 bits per heavy atom. The number of hydrogen-bond donors (Lipinski definition) is 2. The highest BCUT2D eigenvalue weighted by atomic mass is 16.1. The lowest BCUT2D eigenvalue weighted by Crippen LogP contribution is -2.41. The summed E-state index contributed by atoms with van der Waals surface area (Å²) < 4.78 is 0. The third-order valence-corrected chi connectivity index (χ3v) is 4.25. The summed E-state index contributed by atoms with van der Waals surface area (Å²) in [5.41, 5.74) is 5.63. The highest BCUT2D eigenvalue weighted by Crippen LogP contribution is 2.40. The number of carbonyl (C=O) groups excluding carboxylic acids is 1. The SMILES string of the molecule is CC1(C)CCCCC1C(=O)NCCCCCCN. The van der Waals surface area contributed by atoms with Crippen LogP contribution in [0.25, 0.3) is 0 Å². The van der Waals surface area contributed by atoms with Gasteiger partial charge in [0.05, 0.1) is 0 Å². The van der Waals surface area contributed by atoms with Crippen LogP contribution in [-0.4, -0.2) is 19.0 Å². The Balaban J connectivity index is 2.19. The molecule has 3 heteroatoms. The van der Waals surface area contributed by atoms with Crippen LogP contribution in [0.4, 0.5) is 0 Å². The quantitative estimate of drug-likeness (QED) is 0.686. The number of nitrogens with one attached hydrogen (secondary N) is 1. The smallest absolute Gasteiger partial charge is 0.223 e. The first kappa shape index (κ1) is 15.5. The Labute approximate surface area is 112 Å². The van der Waals surface area contributed by atoms with Crippen LogP contribution < -0.4 is 11.1 Å². The zero-order valence-corrected chi connectivity index (χ0v) is 12.1. The van der Waals surface area contributed by atoms with Crippen LogP contribution in [-0.2, 0) is 4.79 Å². The maximum Gasteiger partial charge on any atom is 0.223 e. The van der Waals surface area contributed by atoms with Gasteiger partial charge in [0.2, 0.25) is 5.91 Å². The summed E-state index contributed by atoms with van der Waals surface area (Å²) in [6, 6.07) is 0. The molecule has 0 heterocycles. The first-order valence-electron chi connectivity index (χ1n) is 7.56. The molecule has 1 unspecified atom stereocenters. The van der Waals surface area contributed by atoms with E-state index in [-0.39, 0.29) is 17.2 Å². The van der Waals surface area contributed by atoms with Gasteiger partial charge >= 0.3 is 0 Å². The second-order valence-electron chi connectivity index (χ2n) is 6.28. The maximum atomic E-state index is 12.2. The van der Waals surface area contributed by atoms with E-state index in [4.69, 9.17) is 5.73 Å². The number of amides is 1. The molecule has 0 radical (unpaired) electrons. The van der Waals surface area contributed by atoms with Gasteiger partial charge in [-0.3, -0.25) is 4.79 Å². The third kappa shape index (κ3) is 4.97. The molecular weight excluding hydrogens is 224 g/mol. The molecule has 3 nitrogen and oxygen atoms in total. The molecule has 0 bridgehead atoms. The van der Waals surface area contributed by atoms with Crippen molar-refractivity contribution >= 4 is 5.91 Å². The molecule has 1 aliphatic carbocycles. The van der Waals surface area contributed by atoms with Gasteiger partial charge < -0.3 is 11.1 Å². The van der Waals surface area contributed by atoms with Crippen molar-refractivity contribution in [3.63, 3.8) is 0 Å². The summed E-state index contributed by atoms with van der Waals surface area (Å²) in [4.78, 5) is 12.2. The van der Waals surface area contributed by atoms with E-state index in [2.05, 4.69) is 19.2 Å². The van der Waals surface area contributed by atoms with Crippen molar-refractivity contribution in [1.82, 2.24) is 5.32 Å². The molecule has 18 heavy (non-hydrogen) atoms. The normalized spacial score (nSPS) is 22.7. The van der Waals surface area contributed by atoms with Gasteiger partial charge in [-0.1, -0.05) is 39.5 Å². The Morgan fingerprint density at radius 2 is 1.94 bits per heavy atom. The van der Waals surface area contributed by atoms with E-state index in [1.807, 2.05) is 0 Å². The molecule has 0 aliphatic heterocycles. The van der Waals surface area contributed by atoms with E-state index in [1.54, 1.807) is 0 Å². The Hall–Kier alpha value is -0.570. The van der Waals surface area contributed by atoms with Gasteiger partial charge in [-0.05, 0) is 37.6 Å². The van der Waals surface area contributed by atoms with Crippen molar-refractivity contribution in [3.8, 4) is 0 Å². The first-order valence-corrected chi connectivity index (χ1v) is 7.56.